The van der Waals surface area contributed by atoms with Gasteiger partial charge in [-0.2, -0.15) is 0 Å². The summed E-state index contributed by atoms with van der Waals surface area (Å²) in [6, 6.07) is 9.66. The van der Waals surface area contributed by atoms with Crippen molar-refractivity contribution in [1.29, 1.82) is 0 Å². The van der Waals surface area contributed by atoms with Crippen LogP contribution in [0.15, 0.2) is 36.4 Å². The van der Waals surface area contributed by atoms with Crippen LogP contribution in [0.1, 0.15) is 36.5 Å². The highest BCUT2D eigenvalue weighted by Crippen LogP contribution is 2.36. The minimum Gasteiger partial charge on any atom is -0.495 e. The molecule has 8 nitrogen and oxygen atoms in total. The fourth-order valence-electron chi connectivity index (χ4n) is 3.61. The van der Waals surface area contributed by atoms with E-state index in [4.69, 9.17) is 21.1 Å². The lowest BCUT2D eigenvalue weighted by Gasteiger charge is -2.16. The topological polar surface area (TPSA) is 97.0 Å². The second-order valence-electron chi connectivity index (χ2n) is 7.80. The predicted molar refractivity (Wildman–Crippen MR) is 127 cm³/mol. The minimum atomic E-state index is -0.371. The predicted octanol–water partition coefficient (Wildman–Crippen LogP) is 4.20. The Labute approximate surface area is 198 Å². The van der Waals surface area contributed by atoms with Gasteiger partial charge >= 0.3 is 0 Å². The maximum Gasteiger partial charge on any atom is 0.255 e. The number of amides is 3. The third kappa shape index (κ3) is 5.96. The lowest BCUT2D eigenvalue weighted by Crippen LogP contribution is -2.29. The zero-order chi connectivity index (χ0) is 24.0. The number of hydrogen-bond acceptors (Lipinski definition) is 5. The SMILES string of the molecule is CCCCN1CC(C(=O)Nc2ccc(C(=O)Nc3cc(OC)c(Cl)cc3OC)cc2)CC1=O. The van der Waals surface area contributed by atoms with Gasteiger partial charge in [-0.15, -0.1) is 0 Å². The Balaban J connectivity index is 1.62. The molecule has 176 valence electrons. The molecule has 0 saturated carbocycles. The Morgan fingerprint density at radius 3 is 2.42 bits per heavy atom. The molecule has 1 aliphatic heterocycles. The lowest BCUT2D eigenvalue weighted by molar-refractivity contribution is -0.128. The van der Waals surface area contributed by atoms with Crippen LogP contribution in [0, 0.1) is 5.92 Å². The van der Waals surface area contributed by atoms with Gasteiger partial charge < -0.3 is 25.0 Å². The lowest BCUT2D eigenvalue weighted by atomic mass is 10.1. The van der Waals surface area contributed by atoms with Crippen molar-refractivity contribution in [3.05, 3.63) is 47.0 Å². The number of carbonyl (C=O) groups excluding carboxylic acids is 3. The number of likely N-dealkylation sites (tertiary alicyclic amines) is 1. The zero-order valence-corrected chi connectivity index (χ0v) is 19.7. The molecular formula is C24H28ClN3O5. The van der Waals surface area contributed by atoms with Gasteiger partial charge in [0, 0.05) is 42.9 Å². The summed E-state index contributed by atoms with van der Waals surface area (Å²) in [5.41, 5.74) is 1.37. The van der Waals surface area contributed by atoms with Crippen LogP contribution in [0.4, 0.5) is 11.4 Å². The van der Waals surface area contributed by atoms with Gasteiger partial charge in [-0.05, 0) is 30.7 Å². The van der Waals surface area contributed by atoms with E-state index < -0.39 is 0 Å². The Kier molecular flexibility index (Phi) is 8.16. The number of unbranched alkanes of at least 4 members (excludes halogenated alkanes) is 1. The van der Waals surface area contributed by atoms with Crippen LogP contribution < -0.4 is 20.1 Å². The molecule has 0 aliphatic carbocycles. The van der Waals surface area contributed by atoms with Crippen molar-refractivity contribution in [3.63, 3.8) is 0 Å². The Hall–Kier alpha value is -3.26. The average molecular weight is 474 g/mol. The van der Waals surface area contributed by atoms with Gasteiger partial charge in [0.2, 0.25) is 11.8 Å². The number of halogens is 1. The smallest absolute Gasteiger partial charge is 0.255 e. The first-order chi connectivity index (χ1) is 15.9. The summed E-state index contributed by atoms with van der Waals surface area (Å²) in [4.78, 5) is 39.1. The van der Waals surface area contributed by atoms with Crippen LogP contribution in [-0.2, 0) is 9.59 Å². The van der Waals surface area contributed by atoms with Crippen molar-refractivity contribution in [2.24, 2.45) is 5.92 Å². The largest absolute Gasteiger partial charge is 0.495 e. The summed E-state index contributed by atoms with van der Waals surface area (Å²) in [6.07, 6.45) is 2.15. The van der Waals surface area contributed by atoms with Gasteiger partial charge in [0.25, 0.3) is 5.91 Å². The third-order valence-electron chi connectivity index (χ3n) is 5.50. The first kappa shape index (κ1) is 24.4. The summed E-state index contributed by atoms with van der Waals surface area (Å²) in [5, 5.41) is 5.98. The van der Waals surface area contributed by atoms with Crippen molar-refractivity contribution in [3.8, 4) is 11.5 Å². The van der Waals surface area contributed by atoms with E-state index in [-0.39, 0.29) is 30.1 Å². The van der Waals surface area contributed by atoms with Crippen molar-refractivity contribution in [1.82, 2.24) is 4.90 Å². The highest BCUT2D eigenvalue weighted by Gasteiger charge is 2.33. The molecule has 0 spiro atoms. The number of hydrogen-bond donors (Lipinski definition) is 2. The van der Waals surface area contributed by atoms with Crippen molar-refractivity contribution in [2.45, 2.75) is 26.2 Å². The quantitative estimate of drug-likeness (QED) is 0.569. The van der Waals surface area contributed by atoms with Gasteiger partial charge in [0.1, 0.15) is 11.5 Å². The first-order valence-electron chi connectivity index (χ1n) is 10.8. The van der Waals surface area contributed by atoms with Gasteiger partial charge in [0.05, 0.1) is 30.8 Å². The molecule has 0 radical (unpaired) electrons. The maximum atomic E-state index is 12.7. The van der Waals surface area contributed by atoms with Crippen LogP contribution in [-0.4, -0.2) is 49.9 Å². The second kappa shape index (κ2) is 11.0. The molecule has 1 atom stereocenters. The van der Waals surface area contributed by atoms with E-state index in [0.29, 0.717) is 46.5 Å². The molecule has 1 aliphatic rings. The molecule has 3 rings (SSSR count). The summed E-state index contributed by atoms with van der Waals surface area (Å²) in [5.74, 6) is -0.0998. The Bertz CT molecular complexity index is 1030. The van der Waals surface area contributed by atoms with Crippen LogP contribution >= 0.6 is 11.6 Å². The van der Waals surface area contributed by atoms with E-state index in [9.17, 15) is 14.4 Å². The molecule has 3 amide bonds. The van der Waals surface area contributed by atoms with Gasteiger partial charge in [-0.25, -0.2) is 0 Å². The number of benzene rings is 2. The standard InChI is InChI=1S/C24H28ClN3O5/c1-4-5-10-28-14-16(11-22(28)29)24(31)26-17-8-6-15(7-9-17)23(30)27-19-13-20(32-2)18(25)12-21(19)33-3/h6-9,12-13,16H,4-5,10-11,14H2,1-3H3,(H,26,31)(H,27,30). The minimum absolute atomic E-state index is 0.0184. The number of ether oxygens (including phenoxy) is 2. The summed E-state index contributed by atoms with van der Waals surface area (Å²) in [7, 11) is 2.96. The van der Waals surface area contributed by atoms with Crippen LogP contribution in [0.3, 0.4) is 0 Å². The fraction of sp³-hybridized carbons (Fsp3) is 0.375. The van der Waals surface area contributed by atoms with Crippen molar-refractivity contribution in [2.75, 3.05) is 37.9 Å². The van der Waals surface area contributed by atoms with Crippen LogP contribution in [0.25, 0.3) is 0 Å². The van der Waals surface area contributed by atoms with E-state index in [2.05, 4.69) is 17.6 Å². The fourth-order valence-corrected chi connectivity index (χ4v) is 3.85. The second-order valence-corrected chi connectivity index (χ2v) is 8.21. The number of nitrogens with one attached hydrogen (secondary N) is 2. The Morgan fingerprint density at radius 1 is 1.09 bits per heavy atom. The molecule has 0 bridgehead atoms. The van der Waals surface area contributed by atoms with E-state index in [1.807, 2.05) is 0 Å². The van der Waals surface area contributed by atoms with E-state index in [0.717, 1.165) is 12.8 Å². The van der Waals surface area contributed by atoms with E-state index >= 15 is 0 Å². The number of nitrogens with zero attached hydrogens (tertiary/aromatic N) is 1. The monoisotopic (exact) mass is 473 g/mol. The molecule has 1 saturated heterocycles. The zero-order valence-electron chi connectivity index (χ0n) is 18.9. The average Bonchev–Trinajstić information content (AvgIpc) is 3.19. The highest BCUT2D eigenvalue weighted by atomic mass is 35.5. The van der Waals surface area contributed by atoms with Crippen LogP contribution in [0.2, 0.25) is 5.02 Å². The van der Waals surface area contributed by atoms with Gasteiger partial charge in [0.15, 0.2) is 0 Å². The summed E-state index contributed by atoms with van der Waals surface area (Å²) >= 11 is 6.10. The van der Waals surface area contributed by atoms with E-state index in [1.165, 1.54) is 14.2 Å². The molecule has 0 aromatic heterocycles. The summed E-state index contributed by atoms with van der Waals surface area (Å²) in [6.45, 7) is 3.20. The molecular weight excluding hydrogens is 446 g/mol. The van der Waals surface area contributed by atoms with Gasteiger partial charge in [-0.3, -0.25) is 14.4 Å². The third-order valence-corrected chi connectivity index (χ3v) is 5.80. The molecule has 2 aromatic carbocycles. The maximum absolute atomic E-state index is 12.7. The van der Waals surface area contributed by atoms with Gasteiger partial charge in [-0.1, -0.05) is 24.9 Å². The molecule has 1 unspecified atom stereocenters. The van der Waals surface area contributed by atoms with Crippen molar-refractivity contribution < 1.29 is 23.9 Å². The molecule has 2 aromatic rings. The highest BCUT2D eigenvalue weighted by molar-refractivity contribution is 6.32. The number of carbonyl (C=O) groups is 3. The number of methoxy groups -OCH3 is 2. The normalized spacial score (nSPS) is 15.3. The molecule has 1 heterocycles. The van der Waals surface area contributed by atoms with E-state index in [1.54, 1.807) is 41.3 Å². The summed E-state index contributed by atoms with van der Waals surface area (Å²) < 4.78 is 10.5. The molecule has 33 heavy (non-hydrogen) atoms. The molecule has 2 N–H and O–H groups in total. The Morgan fingerprint density at radius 2 is 1.79 bits per heavy atom. The first-order valence-corrected chi connectivity index (χ1v) is 11.2. The van der Waals surface area contributed by atoms with Crippen LogP contribution in [0.5, 0.6) is 11.5 Å². The molecule has 9 heteroatoms. The number of rotatable bonds is 9. The van der Waals surface area contributed by atoms with Crippen molar-refractivity contribution >= 4 is 40.7 Å². The number of anilines is 2. The molecule has 1 fully saturated rings.